The average molecular weight is 558 g/mol. The summed E-state index contributed by atoms with van der Waals surface area (Å²) < 4.78 is 5.97. The molecule has 7 heteroatoms. The molecule has 196 valence electrons. The minimum Gasteiger partial charge on any atom is -0.507 e. The van der Waals surface area contributed by atoms with E-state index in [-0.39, 0.29) is 16.4 Å². The molecule has 5 rings (SSSR count). The molecule has 1 aliphatic heterocycles. The predicted molar refractivity (Wildman–Crippen MR) is 154 cm³/mol. The number of carbonyl (C=O) groups excluding carboxylic acids is 2. The van der Waals surface area contributed by atoms with E-state index in [0.717, 1.165) is 16.7 Å². The fourth-order valence-electron chi connectivity index (χ4n) is 4.72. The van der Waals surface area contributed by atoms with Crippen LogP contribution >= 0.6 is 23.2 Å². The maximum Gasteiger partial charge on any atom is 0.300 e. The summed E-state index contributed by atoms with van der Waals surface area (Å²) in [7, 11) is 0. The summed E-state index contributed by atoms with van der Waals surface area (Å²) in [6.45, 7) is 4.16. The summed E-state index contributed by atoms with van der Waals surface area (Å²) >= 11 is 12.5. The lowest BCUT2D eigenvalue weighted by Gasteiger charge is -2.26. The van der Waals surface area contributed by atoms with Gasteiger partial charge in [0.05, 0.1) is 21.7 Å². The van der Waals surface area contributed by atoms with Gasteiger partial charge >= 0.3 is 0 Å². The first-order valence-electron chi connectivity index (χ1n) is 12.3. The first-order chi connectivity index (χ1) is 18.7. The van der Waals surface area contributed by atoms with Crippen LogP contribution in [0.3, 0.4) is 0 Å². The summed E-state index contributed by atoms with van der Waals surface area (Å²) in [6, 6.07) is 26.3. The number of aliphatic hydroxyl groups excluding tert-OH is 1. The highest BCUT2D eigenvalue weighted by Crippen LogP contribution is 2.43. The number of Topliss-reactive ketones (excluding diaryl/α,β-unsaturated/α-hetero) is 1. The maximum absolute atomic E-state index is 13.4. The van der Waals surface area contributed by atoms with Crippen molar-refractivity contribution >= 4 is 46.3 Å². The smallest absolute Gasteiger partial charge is 0.300 e. The van der Waals surface area contributed by atoms with Gasteiger partial charge < -0.3 is 9.84 Å². The Hall–Kier alpha value is -4.06. The largest absolute Gasteiger partial charge is 0.507 e. The molecule has 0 bridgehead atoms. The van der Waals surface area contributed by atoms with Crippen LogP contribution in [0.2, 0.25) is 10.0 Å². The van der Waals surface area contributed by atoms with Gasteiger partial charge in [0.15, 0.2) is 0 Å². The monoisotopic (exact) mass is 557 g/mol. The van der Waals surface area contributed by atoms with Gasteiger partial charge in [0.1, 0.15) is 18.1 Å². The third-order valence-corrected chi connectivity index (χ3v) is 7.41. The van der Waals surface area contributed by atoms with Crippen LogP contribution in [0.25, 0.3) is 5.76 Å². The Morgan fingerprint density at radius 2 is 1.64 bits per heavy atom. The van der Waals surface area contributed by atoms with Gasteiger partial charge in [0.25, 0.3) is 11.7 Å². The number of carbonyl (C=O) groups is 2. The number of anilines is 1. The third kappa shape index (κ3) is 5.29. The zero-order valence-corrected chi connectivity index (χ0v) is 22.8. The van der Waals surface area contributed by atoms with Crippen LogP contribution in [0, 0.1) is 13.8 Å². The van der Waals surface area contributed by atoms with Crippen molar-refractivity contribution in [3.8, 4) is 5.75 Å². The number of ether oxygens (including phenoxy) is 1. The van der Waals surface area contributed by atoms with Gasteiger partial charge in [-0.1, -0.05) is 71.7 Å². The summed E-state index contributed by atoms with van der Waals surface area (Å²) in [6.07, 6.45) is 0. The number of halogens is 2. The lowest BCUT2D eigenvalue weighted by molar-refractivity contribution is -0.132. The molecule has 39 heavy (non-hydrogen) atoms. The summed E-state index contributed by atoms with van der Waals surface area (Å²) in [4.78, 5) is 28.2. The van der Waals surface area contributed by atoms with Crippen molar-refractivity contribution < 1.29 is 19.4 Å². The van der Waals surface area contributed by atoms with E-state index in [0.29, 0.717) is 34.2 Å². The van der Waals surface area contributed by atoms with Crippen LogP contribution in [-0.4, -0.2) is 16.8 Å². The molecule has 1 N–H and O–H groups in total. The Morgan fingerprint density at radius 3 is 2.33 bits per heavy atom. The molecular formula is C32H25Cl2NO4. The van der Waals surface area contributed by atoms with Crippen LogP contribution in [0.4, 0.5) is 5.69 Å². The maximum atomic E-state index is 13.4. The van der Waals surface area contributed by atoms with Crippen molar-refractivity contribution in [2.45, 2.75) is 26.5 Å². The molecule has 1 fully saturated rings. The number of aliphatic hydroxyl groups is 1. The zero-order chi connectivity index (χ0) is 27.7. The van der Waals surface area contributed by atoms with Crippen molar-refractivity contribution in [3.05, 3.63) is 134 Å². The summed E-state index contributed by atoms with van der Waals surface area (Å²) in [5.74, 6) is -1.15. The van der Waals surface area contributed by atoms with Crippen LogP contribution < -0.4 is 9.64 Å². The third-order valence-electron chi connectivity index (χ3n) is 6.67. The summed E-state index contributed by atoms with van der Waals surface area (Å²) in [5.41, 5.74) is 4.17. The highest BCUT2D eigenvalue weighted by atomic mass is 35.5. The lowest BCUT2D eigenvalue weighted by Crippen LogP contribution is -2.29. The van der Waals surface area contributed by atoms with Crippen molar-refractivity contribution in [3.63, 3.8) is 0 Å². The van der Waals surface area contributed by atoms with Crippen molar-refractivity contribution in [1.82, 2.24) is 0 Å². The molecular weight excluding hydrogens is 533 g/mol. The topological polar surface area (TPSA) is 66.8 Å². The van der Waals surface area contributed by atoms with Gasteiger partial charge in [0, 0.05) is 11.3 Å². The molecule has 0 aromatic heterocycles. The van der Waals surface area contributed by atoms with E-state index in [2.05, 4.69) is 0 Å². The summed E-state index contributed by atoms with van der Waals surface area (Å²) in [5, 5.41) is 12.1. The number of hydrogen-bond donors (Lipinski definition) is 1. The number of amides is 1. The first-order valence-corrected chi connectivity index (χ1v) is 13.1. The van der Waals surface area contributed by atoms with E-state index in [1.54, 1.807) is 42.5 Å². The Morgan fingerprint density at radius 1 is 0.872 bits per heavy atom. The second-order valence-corrected chi connectivity index (χ2v) is 10.3. The van der Waals surface area contributed by atoms with Crippen LogP contribution in [0.5, 0.6) is 5.75 Å². The zero-order valence-electron chi connectivity index (χ0n) is 21.3. The minimum atomic E-state index is -0.907. The average Bonchev–Trinajstić information content (AvgIpc) is 3.19. The van der Waals surface area contributed by atoms with Crippen molar-refractivity contribution in [2.75, 3.05) is 4.90 Å². The van der Waals surface area contributed by atoms with Crippen LogP contribution in [0.1, 0.15) is 33.9 Å². The van der Waals surface area contributed by atoms with E-state index < -0.39 is 17.7 Å². The molecule has 4 aromatic rings. The van der Waals surface area contributed by atoms with Crippen LogP contribution in [-0.2, 0) is 16.2 Å². The number of nitrogens with zero attached hydrogens (tertiary/aromatic N) is 1. The second kappa shape index (κ2) is 11.0. The minimum absolute atomic E-state index is 0.0303. The molecule has 4 aromatic carbocycles. The molecule has 1 heterocycles. The highest BCUT2D eigenvalue weighted by molar-refractivity contribution is 6.51. The number of aryl methyl sites for hydroxylation is 2. The fraction of sp³-hybridized carbons (Fsp3) is 0.125. The molecule has 1 amide bonds. The van der Waals surface area contributed by atoms with Gasteiger partial charge in [-0.05, 0) is 78.6 Å². The molecule has 1 saturated heterocycles. The van der Waals surface area contributed by atoms with E-state index in [1.807, 2.05) is 62.4 Å². The molecule has 1 aliphatic rings. The van der Waals surface area contributed by atoms with Gasteiger partial charge in [0.2, 0.25) is 0 Å². The number of hydrogen-bond acceptors (Lipinski definition) is 4. The Balaban J connectivity index is 1.58. The fourth-order valence-corrected chi connectivity index (χ4v) is 5.03. The quantitative estimate of drug-likeness (QED) is 0.149. The molecule has 1 unspecified atom stereocenters. The Bertz CT molecular complexity index is 1610. The van der Waals surface area contributed by atoms with Gasteiger partial charge in [-0.25, -0.2) is 0 Å². The second-order valence-electron chi connectivity index (χ2n) is 9.44. The molecule has 0 spiro atoms. The van der Waals surface area contributed by atoms with Gasteiger partial charge in [-0.15, -0.1) is 0 Å². The van der Waals surface area contributed by atoms with Crippen molar-refractivity contribution in [1.29, 1.82) is 0 Å². The molecule has 0 aliphatic carbocycles. The molecule has 0 saturated carbocycles. The molecule has 1 atom stereocenters. The predicted octanol–water partition coefficient (Wildman–Crippen LogP) is 7.82. The standard InChI is InChI=1S/C32H25Cl2NO4/c1-19-7-6-10-24(15-19)35-29(22-11-13-25(33)26(34)17-22)28(31(37)32(35)38)30(36)23-12-14-27(20(2)16-23)39-18-21-8-4-3-5-9-21/h3-17,29,36H,18H2,1-2H3/b30-28-. The highest BCUT2D eigenvalue weighted by Gasteiger charge is 2.47. The number of ketones is 1. The van der Waals surface area contributed by atoms with E-state index in [4.69, 9.17) is 27.9 Å². The van der Waals surface area contributed by atoms with E-state index >= 15 is 0 Å². The SMILES string of the molecule is Cc1cccc(N2C(=O)C(=O)/C(=C(\O)c3ccc(OCc4ccccc4)c(C)c3)C2c2ccc(Cl)c(Cl)c2)c1. The molecule has 5 nitrogen and oxygen atoms in total. The van der Waals surface area contributed by atoms with Gasteiger partial charge in [-0.2, -0.15) is 0 Å². The normalized spacial score (nSPS) is 16.5. The lowest BCUT2D eigenvalue weighted by atomic mass is 9.94. The van der Waals surface area contributed by atoms with E-state index in [1.165, 1.54) is 4.90 Å². The van der Waals surface area contributed by atoms with Crippen LogP contribution in [0.15, 0.2) is 96.6 Å². The van der Waals surface area contributed by atoms with E-state index in [9.17, 15) is 14.7 Å². The Labute approximate surface area is 236 Å². The van der Waals surface area contributed by atoms with Crippen molar-refractivity contribution in [2.24, 2.45) is 0 Å². The number of rotatable bonds is 6. The van der Waals surface area contributed by atoms with Gasteiger partial charge in [-0.3, -0.25) is 14.5 Å². The Kier molecular flexibility index (Phi) is 7.47. The number of benzene rings is 4. The first kappa shape index (κ1) is 26.5. The molecule has 0 radical (unpaired) electrons.